The number of hydrogen-bond acceptors (Lipinski definition) is 2. The second-order valence-corrected chi connectivity index (χ2v) is 6.08. The summed E-state index contributed by atoms with van der Waals surface area (Å²) in [5.41, 5.74) is 0.219. The number of halogens is 1. The van der Waals surface area contributed by atoms with Gasteiger partial charge in [0.15, 0.2) is 0 Å². The van der Waals surface area contributed by atoms with Gasteiger partial charge in [-0.2, -0.15) is 11.8 Å². The van der Waals surface area contributed by atoms with E-state index in [4.69, 9.17) is 11.6 Å². The highest BCUT2D eigenvalue weighted by molar-refractivity contribution is 7.99. The van der Waals surface area contributed by atoms with E-state index < -0.39 is 0 Å². The van der Waals surface area contributed by atoms with Gasteiger partial charge in [-0.05, 0) is 18.1 Å². The molecule has 0 spiro atoms. The van der Waals surface area contributed by atoms with Crippen molar-refractivity contribution in [2.24, 2.45) is 5.41 Å². The molecule has 0 radical (unpaired) electrons. The SMILES string of the molecule is CSCC(=O)NCC(Cl)CC(C)(C)C. The molecular weight excluding hydrogens is 218 g/mol. The maximum absolute atomic E-state index is 11.1. The predicted molar refractivity (Wildman–Crippen MR) is 65.1 cm³/mol. The van der Waals surface area contributed by atoms with Crippen LogP contribution in [0.15, 0.2) is 0 Å². The van der Waals surface area contributed by atoms with Crippen LogP contribution in [-0.2, 0) is 4.79 Å². The molecule has 0 bridgehead atoms. The van der Waals surface area contributed by atoms with Crippen LogP contribution in [-0.4, -0.2) is 29.8 Å². The Morgan fingerprint density at radius 1 is 1.50 bits per heavy atom. The maximum Gasteiger partial charge on any atom is 0.230 e. The molecule has 2 nitrogen and oxygen atoms in total. The van der Waals surface area contributed by atoms with Crippen molar-refractivity contribution in [1.82, 2.24) is 5.32 Å². The van der Waals surface area contributed by atoms with Crippen LogP contribution in [0.1, 0.15) is 27.2 Å². The summed E-state index contributed by atoms with van der Waals surface area (Å²) in [6, 6.07) is 0. The summed E-state index contributed by atoms with van der Waals surface area (Å²) in [6.07, 6.45) is 2.82. The number of thioether (sulfide) groups is 1. The quantitative estimate of drug-likeness (QED) is 0.745. The Morgan fingerprint density at radius 2 is 2.07 bits per heavy atom. The minimum Gasteiger partial charge on any atom is -0.354 e. The smallest absolute Gasteiger partial charge is 0.230 e. The third-order valence-electron chi connectivity index (χ3n) is 1.63. The number of rotatable bonds is 5. The van der Waals surface area contributed by atoms with E-state index in [-0.39, 0.29) is 16.7 Å². The van der Waals surface area contributed by atoms with Gasteiger partial charge < -0.3 is 5.32 Å². The summed E-state index contributed by atoms with van der Waals surface area (Å²) in [5.74, 6) is 0.580. The van der Waals surface area contributed by atoms with Crippen LogP contribution in [0.2, 0.25) is 0 Å². The molecule has 0 aromatic heterocycles. The van der Waals surface area contributed by atoms with Crippen LogP contribution in [0.3, 0.4) is 0 Å². The van der Waals surface area contributed by atoms with E-state index in [9.17, 15) is 4.79 Å². The molecule has 14 heavy (non-hydrogen) atoms. The van der Waals surface area contributed by atoms with Gasteiger partial charge in [0.25, 0.3) is 0 Å². The molecule has 1 atom stereocenters. The van der Waals surface area contributed by atoms with E-state index in [1.807, 2.05) is 6.26 Å². The van der Waals surface area contributed by atoms with Crippen molar-refractivity contribution in [3.8, 4) is 0 Å². The van der Waals surface area contributed by atoms with Gasteiger partial charge in [-0.25, -0.2) is 0 Å². The maximum atomic E-state index is 11.1. The highest BCUT2D eigenvalue weighted by Gasteiger charge is 2.17. The highest BCUT2D eigenvalue weighted by atomic mass is 35.5. The molecule has 4 heteroatoms. The second kappa shape index (κ2) is 6.57. The van der Waals surface area contributed by atoms with Gasteiger partial charge in [-0.15, -0.1) is 11.6 Å². The minimum atomic E-state index is 0.0285. The molecule has 0 heterocycles. The van der Waals surface area contributed by atoms with Crippen molar-refractivity contribution in [3.63, 3.8) is 0 Å². The molecule has 0 fully saturated rings. The number of alkyl halides is 1. The van der Waals surface area contributed by atoms with Crippen LogP contribution in [0.4, 0.5) is 0 Å². The van der Waals surface area contributed by atoms with Crippen LogP contribution in [0, 0.1) is 5.41 Å². The van der Waals surface area contributed by atoms with Gasteiger partial charge in [-0.3, -0.25) is 4.79 Å². The largest absolute Gasteiger partial charge is 0.354 e. The molecule has 0 aromatic carbocycles. The summed E-state index contributed by atoms with van der Waals surface area (Å²) in [7, 11) is 0. The Balaban J connectivity index is 3.63. The Kier molecular flexibility index (Phi) is 6.62. The summed E-state index contributed by atoms with van der Waals surface area (Å²) in [4.78, 5) is 11.1. The first-order valence-electron chi connectivity index (χ1n) is 4.75. The van der Waals surface area contributed by atoms with Crippen LogP contribution in [0.25, 0.3) is 0 Å². The highest BCUT2D eigenvalue weighted by Crippen LogP contribution is 2.23. The molecule has 1 amide bonds. The molecule has 0 aliphatic rings. The van der Waals surface area contributed by atoms with Crippen molar-refractivity contribution in [3.05, 3.63) is 0 Å². The number of nitrogens with one attached hydrogen (secondary N) is 1. The minimum absolute atomic E-state index is 0.0285. The molecule has 0 aliphatic carbocycles. The fourth-order valence-electron chi connectivity index (χ4n) is 1.14. The van der Waals surface area contributed by atoms with Crippen LogP contribution >= 0.6 is 23.4 Å². The van der Waals surface area contributed by atoms with E-state index >= 15 is 0 Å². The molecule has 0 saturated heterocycles. The van der Waals surface area contributed by atoms with Crippen molar-refractivity contribution in [2.75, 3.05) is 18.6 Å². The lowest BCUT2D eigenvalue weighted by Gasteiger charge is -2.21. The first-order valence-corrected chi connectivity index (χ1v) is 6.58. The Bertz CT molecular complexity index is 179. The molecule has 0 aliphatic heterocycles. The van der Waals surface area contributed by atoms with Crippen molar-refractivity contribution in [2.45, 2.75) is 32.6 Å². The molecule has 84 valence electrons. The van der Waals surface area contributed by atoms with Gasteiger partial charge in [0, 0.05) is 6.54 Å². The number of amides is 1. The fraction of sp³-hybridized carbons (Fsp3) is 0.900. The summed E-state index contributed by atoms with van der Waals surface area (Å²) in [6.45, 7) is 7.00. The van der Waals surface area contributed by atoms with E-state index in [0.29, 0.717) is 12.3 Å². The molecular formula is C10H20ClNOS. The number of carbonyl (C=O) groups is 1. The fourth-order valence-corrected chi connectivity index (χ4v) is 2.05. The van der Waals surface area contributed by atoms with E-state index in [0.717, 1.165) is 6.42 Å². The standard InChI is InChI=1S/C10H20ClNOS/c1-10(2,3)5-8(11)6-12-9(13)7-14-4/h8H,5-7H2,1-4H3,(H,12,13). The van der Waals surface area contributed by atoms with Gasteiger partial charge in [-0.1, -0.05) is 20.8 Å². The van der Waals surface area contributed by atoms with E-state index in [1.165, 1.54) is 11.8 Å². The average Bonchev–Trinajstić information content (AvgIpc) is 1.98. The lowest BCUT2D eigenvalue weighted by Crippen LogP contribution is -2.32. The zero-order valence-corrected chi connectivity index (χ0v) is 11.0. The zero-order valence-electron chi connectivity index (χ0n) is 9.39. The zero-order chi connectivity index (χ0) is 11.2. The van der Waals surface area contributed by atoms with Gasteiger partial charge in [0.2, 0.25) is 5.91 Å². The summed E-state index contributed by atoms with van der Waals surface area (Å²) < 4.78 is 0. The lowest BCUT2D eigenvalue weighted by molar-refractivity contribution is -0.118. The molecule has 0 rings (SSSR count). The van der Waals surface area contributed by atoms with Gasteiger partial charge >= 0.3 is 0 Å². The van der Waals surface area contributed by atoms with Crippen LogP contribution in [0.5, 0.6) is 0 Å². The lowest BCUT2D eigenvalue weighted by atomic mass is 9.90. The van der Waals surface area contributed by atoms with E-state index in [1.54, 1.807) is 0 Å². The predicted octanol–water partition coefficient (Wildman–Crippen LogP) is 2.51. The summed E-state index contributed by atoms with van der Waals surface area (Å²) in [5, 5.41) is 2.84. The average molecular weight is 238 g/mol. The molecule has 1 unspecified atom stereocenters. The van der Waals surface area contributed by atoms with Crippen LogP contribution < -0.4 is 5.32 Å². The van der Waals surface area contributed by atoms with Gasteiger partial charge in [0.05, 0.1) is 11.1 Å². The first-order chi connectivity index (χ1) is 6.35. The number of carbonyl (C=O) groups excluding carboxylic acids is 1. The topological polar surface area (TPSA) is 29.1 Å². The van der Waals surface area contributed by atoms with Crippen molar-refractivity contribution >= 4 is 29.3 Å². The van der Waals surface area contributed by atoms with Crippen molar-refractivity contribution in [1.29, 1.82) is 0 Å². The van der Waals surface area contributed by atoms with Crippen molar-refractivity contribution < 1.29 is 4.79 Å². The van der Waals surface area contributed by atoms with Gasteiger partial charge in [0.1, 0.15) is 0 Å². The first kappa shape index (κ1) is 14.1. The third-order valence-corrected chi connectivity index (χ3v) is 2.49. The third kappa shape index (κ3) is 8.70. The Hall–Kier alpha value is 0.110. The Labute approximate surface area is 96.2 Å². The molecule has 0 aromatic rings. The monoisotopic (exact) mass is 237 g/mol. The molecule has 1 N–H and O–H groups in total. The normalized spacial score (nSPS) is 13.8. The molecule has 0 saturated carbocycles. The Morgan fingerprint density at radius 3 is 2.50 bits per heavy atom. The van der Waals surface area contributed by atoms with E-state index in [2.05, 4.69) is 26.1 Å². The number of hydrogen-bond donors (Lipinski definition) is 1. The second-order valence-electron chi connectivity index (χ2n) is 4.60. The summed E-state index contributed by atoms with van der Waals surface area (Å²) >= 11 is 7.61.